The molecule has 3 heterocycles. The Labute approximate surface area is 142 Å². The van der Waals surface area contributed by atoms with Crippen LogP contribution in [0.4, 0.5) is 10.5 Å². The molecule has 1 aromatic rings. The highest BCUT2D eigenvalue weighted by Crippen LogP contribution is 2.29. The molecule has 3 aliphatic rings. The van der Waals surface area contributed by atoms with E-state index in [1.807, 2.05) is 10.9 Å². The second kappa shape index (κ2) is 7.11. The number of carbonyl (C=O) groups is 1. The van der Waals surface area contributed by atoms with Gasteiger partial charge in [-0.05, 0) is 38.5 Å². The van der Waals surface area contributed by atoms with Crippen molar-refractivity contribution in [3.63, 3.8) is 0 Å². The van der Waals surface area contributed by atoms with Crippen LogP contribution >= 0.6 is 0 Å². The lowest BCUT2D eigenvalue weighted by molar-refractivity contribution is 0.0940. The summed E-state index contributed by atoms with van der Waals surface area (Å²) in [6, 6.07) is 0.980. The van der Waals surface area contributed by atoms with Crippen LogP contribution in [0.15, 0.2) is 12.4 Å². The molecule has 1 atom stereocenters. The van der Waals surface area contributed by atoms with Gasteiger partial charge in [0.15, 0.2) is 0 Å². The molecule has 0 aromatic carbocycles. The van der Waals surface area contributed by atoms with Gasteiger partial charge in [-0.1, -0.05) is 0 Å². The summed E-state index contributed by atoms with van der Waals surface area (Å²) in [5.41, 5.74) is 0.737. The maximum atomic E-state index is 12.2. The molecule has 1 aromatic heterocycles. The van der Waals surface area contributed by atoms with Crippen molar-refractivity contribution in [2.24, 2.45) is 0 Å². The van der Waals surface area contributed by atoms with E-state index in [0.717, 1.165) is 63.7 Å². The maximum Gasteiger partial charge on any atom is 0.319 e. The van der Waals surface area contributed by atoms with Crippen molar-refractivity contribution in [1.82, 2.24) is 20.0 Å². The molecule has 0 unspecified atom stereocenters. The van der Waals surface area contributed by atoms with Crippen molar-refractivity contribution >= 4 is 11.7 Å². The lowest BCUT2D eigenvalue weighted by atomic mass is 10.1. The predicted octanol–water partition coefficient (Wildman–Crippen LogP) is 1.81. The lowest BCUT2D eigenvalue weighted by Crippen LogP contribution is -2.46. The number of urea groups is 1. The minimum atomic E-state index is -0.128. The average Bonchev–Trinajstić information content (AvgIpc) is 3.13. The van der Waals surface area contributed by atoms with E-state index in [1.54, 1.807) is 6.20 Å². The number of hydrogen-bond donors (Lipinski definition) is 2. The quantitative estimate of drug-likeness (QED) is 0.862. The SMILES string of the molecule is O=C(Nc1cnn(C[C@@H]2CCCO2)c1)NC1CCN(C2CC2)CC1. The average molecular weight is 333 g/mol. The van der Waals surface area contributed by atoms with E-state index < -0.39 is 0 Å². The highest BCUT2D eigenvalue weighted by Gasteiger charge is 2.32. The Bertz CT molecular complexity index is 557. The first-order chi connectivity index (χ1) is 11.8. The fourth-order valence-electron chi connectivity index (χ4n) is 3.73. The lowest BCUT2D eigenvalue weighted by Gasteiger charge is -2.32. The fourth-order valence-corrected chi connectivity index (χ4v) is 3.73. The van der Waals surface area contributed by atoms with Crippen molar-refractivity contribution in [3.8, 4) is 0 Å². The maximum absolute atomic E-state index is 12.2. The highest BCUT2D eigenvalue weighted by molar-refractivity contribution is 5.89. The minimum absolute atomic E-state index is 0.128. The second-order valence-electron chi connectivity index (χ2n) is 7.23. The summed E-state index contributed by atoms with van der Waals surface area (Å²) in [5, 5.41) is 10.3. The van der Waals surface area contributed by atoms with Gasteiger partial charge < -0.3 is 20.3 Å². The Morgan fingerprint density at radius 1 is 1.25 bits per heavy atom. The van der Waals surface area contributed by atoms with Gasteiger partial charge in [0.05, 0.1) is 24.5 Å². The Balaban J connectivity index is 1.20. The third kappa shape index (κ3) is 4.08. The van der Waals surface area contributed by atoms with Gasteiger partial charge in [0.1, 0.15) is 0 Å². The molecule has 2 aliphatic heterocycles. The third-order valence-electron chi connectivity index (χ3n) is 5.23. The highest BCUT2D eigenvalue weighted by atomic mass is 16.5. The molecule has 2 saturated heterocycles. The fraction of sp³-hybridized carbons (Fsp3) is 0.765. The van der Waals surface area contributed by atoms with Crippen molar-refractivity contribution in [3.05, 3.63) is 12.4 Å². The Kier molecular flexibility index (Phi) is 4.71. The van der Waals surface area contributed by atoms with Crippen molar-refractivity contribution in [1.29, 1.82) is 0 Å². The zero-order valence-electron chi connectivity index (χ0n) is 14.1. The van der Waals surface area contributed by atoms with E-state index in [2.05, 4.69) is 20.6 Å². The first kappa shape index (κ1) is 15.9. The summed E-state index contributed by atoms with van der Waals surface area (Å²) in [7, 11) is 0. The molecule has 24 heavy (non-hydrogen) atoms. The van der Waals surface area contributed by atoms with Gasteiger partial charge in [0, 0.05) is 38.0 Å². The van der Waals surface area contributed by atoms with Crippen LogP contribution in [0.2, 0.25) is 0 Å². The van der Waals surface area contributed by atoms with E-state index in [0.29, 0.717) is 0 Å². The van der Waals surface area contributed by atoms with Crippen LogP contribution in [0, 0.1) is 0 Å². The number of amides is 2. The molecule has 3 fully saturated rings. The van der Waals surface area contributed by atoms with Crippen LogP contribution < -0.4 is 10.6 Å². The largest absolute Gasteiger partial charge is 0.376 e. The molecule has 2 amide bonds. The van der Waals surface area contributed by atoms with Crippen LogP contribution in [0.3, 0.4) is 0 Å². The summed E-state index contributed by atoms with van der Waals surface area (Å²) < 4.78 is 7.46. The van der Waals surface area contributed by atoms with Gasteiger partial charge in [-0.2, -0.15) is 5.10 Å². The Hall–Kier alpha value is -1.60. The molecule has 1 aliphatic carbocycles. The van der Waals surface area contributed by atoms with Gasteiger partial charge >= 0.3 is 6.03 Å². The van der Waals surface area contributed by atoms with Crippen molar-refractivity contribution < 1.29 is 9.53 Å². The summed E-state index contributed by atoms with van der Waals surface area (Å²) in [5.74, 6) is 0. The van der Waals surface area contributed by atoms with E-state index >= 15 is 0 Å². The number of aromatic nitrogens is 2. The number of rotatable bonds is 5. The molecular formula is C17H27N5O2. The van der Waals surface area contributed by atoms with Crippen LogP contribution in [0.5, 0.6) is 0 Å². The summed E-state index contributed by atoms with van der Waals surface area (Å²) >= 11 is 0. The summed E-state index contributed by atoms with van der Waals surface area (Å²) in [4.78, 5) is 14.7. The molecule has 1 saturated carbocycles. The molecule has 0 bridgehead atoms. The molecule has 4 rings (SSSR count). The number of ether oxygens (including phenoxy) is 1. The standard InChI is InChI=1S/C17H27N5O2/c23-17(19-13-5-7-21(8-6-13)15-3-4-15)20-14-10-18-22(11-14)12-16-2-1-9-24-16/h10-11,13,15-16H,1-9,12H2,(H2,19,20,23)/t16-/m0/s1. The Morgan fingerprint density at radius 2 is 2.08 bits per heavy atom. The van der Waals surface area contributed by atoms with Crippen molar-refractivity contribution in [2.45, 2.75) is 63.3 Å². The molecule has 2 N–H and O–H groups in total. The predicted molar refractivity (Wildman–Crippen MR) is 91.0 cm³/mol. The van der Waals surface area contributed by atoms with Crippen molar-refractivity contribution in [2.75, 3.05) is 25.0 Å². The molecule has 7 heteroatoms. The number of likely N-dealkylation sites (tertiary alicyclic amines) is 1. The topological polar surface area (TPSA) is 71.4 Å². The first-order valence-corrected chi connectivity index (χ1v) is 9.22. The number of hydrogen-bond acceptors (Lipinski definition) is 4. The zero-order valence-corrected chi connectivity index (χ0v) is 14.1. The van der Waals surface area contributed by atoms with Crippen LogP contribution in [0.25, 0.3) is 0 Å². The molecule has 132 valence electrons. The van der Waals surface area contributed by atoms with E-state index in [-0.39, 0.29) is 18.2 Å². The van der Waals surface area contributed by atoms with E-state index in [1.165, 1.54) is 12.8 Å². The zero-order chi connectivity index (χ0) is 16.4. The third-order valence-corrected chi connectivity index (χ3v) is 5.23. The van der Waals surface area contributed by atoms with Crippen LogP contribution in [-0.4, -0.2) is 58.6 Å². The number of nitrogens with zero attached hydrogens (tertiary/aromatic N) is 3. The second-order valence-corrected chi connectivity index (χ2v) is 7.23. The van der Waals surface area contributed by atoms with Gasteiger partial charge in [-0.15, -0.1) is 0 Å². The molecular weight excluding hydrogens is 306 g/mol. The molecule has 7 nitrogen and oxygen atoms in total. The minimum Gasteiger partial charge on any atom is -0.376 e. The monoisotopic (exact) mass is 333 g/mol. The number of nitrogens with one attached hydrogen (secondary N) is 2. The van der Waals surface area contributed by atoms with Gasteiger partial charge in [0.25, 0.3) is 0 Å². The van der Waals surface area contributed by atoms with Crippen LogP contribution in [-0.2, 0) is 11.3 Å². The number of carbonyl (C=O) groups excluding carboxylic acids is 1. The van der Waals surface area contributed by atoms with Gasteiger partial charge in [-0.3, -0.25) is 4.68 Å². The van der Waals surface area contributed by atoms with E-state index in [4.69, 9.17) is 4.74 Å². The summed E-state index contributed by atoms with van der Waals surface area (Å²) in [6.07, 6.45) is 10.8. The number of piperidine rings is 1. The normalized spacial score (nSPS) is 25.8. The molecule has 0 spiro atoms. The van der Waals surface area contributed by atoms with E-state index in [9.17, 15) is 4.79 Å². The molecule has 0 radical (unpaired) electrons. The van der Waals surface area contributed by atoms with Gasteiger partial charge in [0.2, 0.25) is 0 Å². The van der Waals surface area contributed by atoms with Crippen LogP contribution in [0.1, 0.15) is 38.5 Å². The number of anilines is 1. The summed E-state index contributed by atoms with van der Waals surface area (Å²) in [6.45, 7) is 3.81. The van der Waals surface area contributed by atoms with Gasteiger partial charge in [-0.25, -0.2) is 4.79 Å². The smallest absolute Gasteiger partial charge is 0.319 e. The first-order valence-electron chi connectivity index (χ1n) is 9.22. The Morgan fingerprint density at radius 3 is 2.79 bits per heavy atom.